The first-order chi connectivity index (χ1) is 11.5. The van der Waals surface area contributed by atoms with Crippen molar-refractivity contribution in [2.75, 3.05) is 10.9 Å². The van der Waals surface area contributed by atoms with Crippen molar-refractivity contribution in [3.8, 4) is 0 Å². The highest BCUT2D eigenvalue weighted by Gasteiger charge is 2.34. The summed E-state index contributed by atoms with van der Waals surface area (Å²) in [5, 5.41) is 9.53. The van der Waals surface area contributed by atoms with E-state index in [4.69, 9.17) is 4.18 Å². The maximum atomic E-state index is 12.5. The number of nitrogens with zero attached hydrogens (tertiary/aromatic N) is 1. The molecule has 0 bridgehead atoms. The van der Waals surface area contributed by atoms with E-state index in [0.717, 1.165) is 24.8 Å². The van der Waals surface area contributed by atoms with Gasteiger partial charge in [-0.1, -0.05) is 64.7 Å². The molecule has 0 saturated heterocycles. The second kappa shape index (κ2) is 8.67. The van der Waals surface area contributed by atoms with Gasteiger partial charge in [-0.25, -0.2) is 4.79 Å². The van der Waals surface area contributed by atoms with Crippen LogP contribution in [0.5, 0.6) is 0 Å². The van der Waals surface area contributed by atoms with Gasteiger partial charge in [0.1, 0.15) is 0 Å². The van der Waals surface area contributed by atoms with Crippen LogP contribution in [0.2, 0.25) is 0 Å². The Balaban J connectivity index is 3.18. The van der Waals surface area contributed by atoms with Crippen molar-refractivity contribution in [2.24, 2.45) is 0 Å². The average Bonchev–Trinajstić information content (AvgIpc) is 2.47. The fraction of sp³-hybridized carbons (Fsp3) is 0.611. The molecule has 0 fully saturated rings. The molecule has 0 heterocycles. The van der Waals surface area contributed by atoms with Crippen LogP contribution in [0.1, 0.15) is 64.5 Å². The minimum Gasteiger partial charge on any atom is -0.464 e. The van der Waals surface area contributed by atoms with Crippen LogP contribution in [0.3, 0.4) is 0 Å². The Labute approximate surface area is 151 Å². The van der Waals surface area contributed by atoms with Gasteiger partial charge in [0.25, 0.3) is 0 Å². The van der Waals surface area contributed by atoms with Gasteiger partial charge in [0.2, 0.25) is 0 Å². The highest BCUT2D eigenvalue weighted by Crippen LogP contribution is 2.34. The van der Waals surface area contributed by atoms with Crippen LogP contribution in [0.15, 0.2) is 18.2 Å². The monoisotopic (exact) mass is 371 g/mol. The SMILES string of the molecule is CCCCCCOS(=O)(=O)N(C(=O)O)c1ccc(C)cc1C(C)(C)C. The summed E-state index contributed by atoms with van der Waals surface area (Å²) in [6.07, 6.45) is 1.84. The van der Waals surface area contributed by atoms with E-state index in [9.17, 15) is 18.3 Å². The van der Waals surface area contributed by atoms with E-state index in [-0.39, 0.29) is 12.3 Å². The van der Waals surface area contributed by atoms with Crippen LogP contribution in [0.25, 0.3) is 0 Å². The van der Waals surface area contributed by atoms with Crippen LogP contribution in [-0.2, 0) is 19.9 Å². The second-order valence-electron chi connectivity index (χ2n) is 7.16. The van der Waals surface area contributed by atoms with Crippen LogP contribution in [-0.4, -0.2) is 26.2 Å². The van der Waals surface area contributed by atoms with E-state index in [1.54, 1.807) is 6.07 Å². The fourth-order valence-corrected chi connectivity index (χ4v) is 3.52. The Bertz CT molecular complexity index is 692. The number of rotatable bonds is 8. The van der Waals surface area contributed by atoms with Crippen molar-refractivity contribution in [3.63, 3.8) is 0 Å². The van der Waals surface area contributed by atoms with Crippen molar-refractivity contribution in [1.82, 2.24) is 0 Å². The maximum absolute atomic E-state index is 12.5. The van der Waals surface area contributed by atoms with E-state index in [1.807, 2.05) is 33.8 Å². The zero-order valence-electron chi connectivity index (χ0n) is 15.7. The summed E-state index contributed by atoms with van der Waals surface area (Å²) in [5.74, 6) is 0. The molecule has 25 heavy (non-hydrogen) atoms. The Kier molecular flexibility index (Phi) is 7.44. The lowest BCUT2D eigenvalue weighted by atomic mass is 9.85. The molecule has 0 aliphatic rings. The number of carboxylic acid groups (broad SMARTS) is 1. The molecule has 1 aromatic carbocycles. The quantitative estimate of drug-likeness (QED) is 0.674. The van der Waals surface area contributed by atoms with Gasteiger partial charge in [0.15, 0.2) is 0 Å². The fourth-order valence-electron chi connectivity index (χ4n) is 2.49. The molecule has 0 atom stereocenters. The van der Waals surface area contributed by atoms with Gasteiger partial charge >= 0.3 is 16.4 Å². The van der Waals surface area contributed by atoms with E-state index in [0.29, 0.717) is 16.3 Å². The molecular weight excluding hydrogens is 342 g/mol. The first kappa shape index (κ1) is 21.4. The van der Waals surface area contributed by atoms with Gasteiger partial charge in [0.05, 0.1) is 12.3 Å². The van der Waals surface area contributed by atoms with Crippen molar-refractivity contribution in [3.05, 3.63) is 29.3 Å². The lowest BCUT2D eigenvalue weighted by Gasteiger charge is -2.28. The molecular formula is C18H29NO5S. The summed E-state index contributed by atoms with van der Waals surface area (Å²) in [5.41, 5.74) is 1.25. The van der Waals surface area contributed by atoms with E-state index >= 15 is 0 Å². The van der Waals surface area contributed by atoms with Crippen LogP contribution >= 0.6 is 0 Å². The van der Waals surface area contributed by atoms with Crippen molar-refractivity contribution in [2.45, 2.75) is 65.7 Å². The molecule has 1 amide bonds. The molecule has 0 aliphatic carbocycles. The summed E-state index contributed by atoms with van der Waals surface area (Å²) < 4.78 is 30.3. The number of carbonyl (C=O) groups is 1. The van der Waals surface area contributed by atoms with E-state index in [1.165, 1.54) is 6.07 Å². The Morgan fingerprint density at radius 2 is 1.84 bits per heavy atom. The van der Waals surface area contributed by atoms with Crippen LogP contribution < -0.4 is 4.31 Å². The summed E-state index contributed by atoms with van der Waals surface area (Å²) in [7, 11) is -4.42. The molecule has 142 valence electrons. The van der Waals surface area contributed by atoms with Crippen LogP contribution in [0, 0.1) is 6.92 Å². The lowest BCUT2D eigenvalue weighted by Crippen LogP contribution is -2.38. The van der Waals surface area contributed by atoms with Crippen molar-refractivity contribution >= 4 is 22.1 Å². The third kappa shape index (κ3) is 6.01. The summed E-state index contributed by atoms with van der Waals surface area (Å²) in [6.45, 7) is 9.62. The van der Waals surface area contributed by atoms with Gasteiger partial charge < -0.3 is 5.11 Å². The molecule has 0 spiro atoms. The molecule has 1 N–H and O–H groups in total. The largest absolute Gasteiger partial charge is 0.464 e. The average molecular weight is 371 g/mol. The predicted molar refractivity (Wildman–Crippen MR) is 99.4 cm³/mol. The van der Waals surface area contributed by atoms with Crippen LogP contribution in [0.4, 0.5) is 10.5 Å². The molecule has 0 saturated carbocycles. The zero-order chi connectivity index (χ0) is 19.3. The number of anilines is 1. The predicted octanol–water partition coefficient (Wildman–Crippen LogP) is 4.62. The van der Waals surface area contributed by atoms with Gasteiger partial charge in [-0.3, -0.25) is 4.18 Å². The minimum atomic E-state index is -4.42. The molecule has 0 radical (unpaired) electrons. The lowest BCUT2D eigenvalue weighted by molar-refractivity contribution is 0.204. The van der Waals surface area contributed by atoms with Gasteiger partial charge in [-0.05, 0) is 30.4 Å². The molecule has 0 aromatic heterocycles. The minimum absolute atomic E-state index is 0.0250. The van der Waals surface area contributed by atoms with E-state index < -0.39 is 21.8 Å². The Morgan fingerprint density at radius 1 is 1.20 bits per heavy atom. The maximum Gasteiger partial charge on any atom is 0.427 e. The number of aryl methyl sites for hydroxylation is 1. The number of benzene rings is 1. The zero-order valence-corrected chi connectivity index (χ0v) is 16.5. The topological polar surface area (TPSA) is 83.9 Å². The smallest absolute Gasteiger partial charge is 0.427 e. The summed E-state index contributed by atoms with van der Waals surface area (Å²) in [6, 6.07) is 5.02. The third-order valence-corrected chi connectivity index (χ3v) is 5.07. The number of amides is 1. The normalized spacial score (nSPS) is 12.2. The van der Waals surface area contributed by atoms with Crippen molar-refractivity contribution in [1.29, 1.82) is 0 Å². The van der Waals surface area contributed by atoms with Gasteiger partial charge in [-0.2, -0.15) is 8.42 Å². The highest BCUT2D eigenvalue weighted by atomic mass is 32.2. The first-order valence-electron chi connectivity index (χ1n) is 8.54. The molecule has 7 heteroatoms. The Hall–Kier alpha value is -1.60. The van der Waals surface area contributed by atoms with E-state index in [2.05, 4.69) is 6.92 Å². The number of hydrogen-bond acceptors (Lipinski definition) is 4. The Morgan fingerprint density at radius 3 is 2.36 bits per heavy atom. The first-order valence-corrected chi connectivity index (χ1v) is 9.91. The third-order valence-electron chi connectivity index (χ3n) is 3.81. The van der Waals surface area contributed by atoms with Crippen molar-refractivity contribution < 1.29 is 22.5 Å². The summed E-state index contributed by atoms with van der Waals surface area (Å²) >= 11 is 0. The molecule has 6 nitrogen and oxygen atoms in total. The molecule has 0 unspecified atom stereocenters. The summed E-state index contributed by atoms with van der Waals surface area (Å²) in [4.78, 5) is 11.7. The molecule has 1 aromatic rings. The molecule has 0 aliphatic heterocycles. The number of unbranched alkanes of at least 4 members (excludes halogenated alkanes) is 3. The standard InChI is InChI=1S/C18H29NO5S/c1-6-7-8-9-12-24-25(22,23)19(17(20)21)16-11-10-14(2)13-15(16)18(3,4)5/h10-11,13H,6-9,12H2,1-5H3,(H,20,21). The molecule has 1 rings (SSSR count). The number of hydrogen-bond donors (Lipinski definition) is 1. The highest BCUT2D eigenvalue weighted by molar-refractivity contribution is 7.89. The van der Waals surface area contributed by atoms with Gasteiger partial charge in [-0.15, -0.1) is 4.31 Å². The second-order valence-corrected chi connectivity index (χ2v) is 8.61. The van der Waals surface area contributed by atoms with Gasteiger partial charge in [0, 0.05) is 0 Å².